The van der Waals surface area contributed by atoms with Crippen molar-refractivity contribution in [1.82, 2.24) is 0 Å². The molecule has 156 valence electrons. The molecule has 0 saturated heterocycles. The molecule has 0 fully saturated rings. The van der Waals surface area contributed by atoms with Crippen molar-refractivity contribution >= 4 is 34.3 Å². The minimum absolute atomic E-state index is 0.386. The third-order valence-electron chi connectivity index (χ3n) is 4.94. The number of fused-ring (bicyclic) bond motifs is 1. The average molecular weight is 432 g/mol. The van der Waals surface area contributed by atoms with Crippen LogP contribution in [-0.2, 0) is 6.61 Å². The molecule has 0 aromatic heterocycles. The van der Waals surface area contributed by atoms with Crippen LogP contribution in [0.15, 0.2) is 83.9 Å². The molecule has 4 aromatic carbocycles. The van der Waals surface area contributed by atoms with Gasteiger partial charge in [-0.3, -0.25) is 4.99 Å². The molecule has 0 bridgehead atoms. The Hall–Kier alpha value is -3.50. The Morgan fingerprint density at radius 1 is 0.871 bits per heavy atom. The number of methoxy groups -OCH3 is 2. The van der Waals surface area contributed by atoms with E-state index in [4.69, 9.17) is 25.8 Å². The SMILES string of the molecule is COc1ccc(N=Cc2cc(Cl)c(OCc3cccc4ccccc34)c(OC)c2)cc1. The van der Waals surface area contributed by atoms with E-state index in [0.29, 0.717) is 23.1 Å². The van der Waals surface area contributed by atoms with E-state index in [1.54, 1.807) is 20.4 Å². The summed E-state index contributed by atoms with van der Waals surface area (Å²) in [5.41, 5.74) is 2.71. The highest BCUT2D eigenvalue weighted by Gasteiger charge is 2.12. The normalized spacial score (nSPS) is 11.1. The average Bonchev–Trinajstić information content (AvgIpc) is 2.82. The highest BCUT2D eigenvalue weighted by atomic mass is 35.5. The predicted molar refractivity (Wildman–Crippen MR) is 127 cm³/mol. The third-order valence-corrected chi connectivity index (χ3v) is 5.22. The summed E-state index contributed by atoms with van der Waals surface area (Å²) < 4.78 is 16.8. The highest BCUT2D eigenvalue weighted by molar-refractivity contribution is 6.32. The zero-order valence-corrected chi connectivity index (χ0v) is 18.1. The van der Waals surface area contributed by atoms with Gasteiger partial charge < -0.3 is 14.2 Å². The number of nitrogens with zero attached hydrogens (tertiary/aromatic N) is 1. The maximum Gasteiger partial charge on any atom is 0.180 e. The Balaban J connectivity index is 1.55. The number of hydrogen-bond donors (Lipinski definition) is 0. The van der Waals surface area contributed by atoms with Gasteiger partial charge in [0, 0.05) is 6.21 Å². The van der Waals surface area contributed by atoms with E-state index in [2.05, 4.69) is 29.3 Å². The van der Waals surface area contributed by atoms with Crippen LogP contribution in [0, 0.1) is 0 Å². The predicted octanol–water partition coefficient (Wildman–Crippen LogP) is 6.84. The Morgan fingerprint density at radius 2 is 1.65 bits per heavy atom. The fraction of sp³-hybridized carbons (Fsp3) is 0.115. The molecule has 0 atom stereocenters. The third kappa shape index (κ3) is 4.81. The van der Waals surface area contributed by atoms with Crippen LogP contribution in [-0.4, -0.2) is 20.4 Å². The van der Waals surface area contributed by atoms with Crippen LogP contribution in [0.4, 0.5) is 5.69 Å². The lowest BCUT2D eigenvalue weighted by Crippen LogP contribution is -2.00. The van der Waals surface area contributed by atoms with Gasteiger partial charge in [0.15, 0.2) is 11.5 Å². The molecule has 0 unspecified atom stereocenters. The summed E-state index contributed by atoms with van der Waals surface area (Å²) in [4.78, 5) is 4.49. The number of rotatable bonds is 7. The largest absolute Gasteiger partial charge is 0.497 e. The van der Waals surface area contributed by atoms with Gasteiger partial charge in [-0.1, -0.05) is 54.1 Å². The zero-order valence-electron chi connectivity index (χ0n) is 17.3. The number of ether oxygens (including phenoxy) is 3. The molecule has 31 heavy (non-hydrogen) atoms. The Labute approximate surface area is 186 Å². The van der Waals surface area contributed by atoms with Crippen LogP contribution >= 0.6 is 11.6 Å². The lowest BCUT2D eigenvalue weighted by atomic mass is 10.1. The van der Waals surface area contributed by atoms with Gasteiger partial charge >= 0.3 is 0 Å². The van der Waals surface area contributed by atoms with Crippen LogP contribution in [0.2, 0.25) is 5.02 Å². The van der Waals surface area contributed by atoms with Gasteiger partial charge in [-0.05, 0) is 58.3 Å². The summed E-state index contributed by atoms with van der Waals surface area (Å²) in [7, 11) is 3.23. The molecule has 5 heteroatoms. The van der Waals surface area contributed by atoms with Crippen molar-refractivity contribution in [1.29, 1.82) is 0 Å². The van der Waals surface area contributed by atoms with E-state index in [0.717, 1.165) is 28.0 Å². The zero-order chi connectivity index (χ0) is 21.6. The van der Waals surface area contributed by atoms with E-state index < -0.39 is 0 Å². The smallest absolute Gasteiger partial charge is 0.180 e. The van der Waals surface area contributed by atoms with Gasteiger partial charge in [0.1, 0.15) is 12.4 Å². The molecule has 0 spiro atoms. The van der Waals surface area contributed by atoms with Crippen LogP contribution in [0.1, 0.15) is 11.1 Å². The molecule has 0 aliphatic heterocycles. The van der Waals surface area contributed by atoms with Crippen molar-refractivity contribution in [3.05, 3.63) is 95.0 Å². The molecular formula is C26H22ClNO3. The summed E-state index contributed by atoms with van der Waals surface area (Å²) in [5.74, 6) is 1.86. The molecular weight excluding hydrogens is 410 g/mol. The number of aliphatic imine (C=N–C) groups is 1. The van der Waals surface area contributed by atoms with Crippen LogP contribution in [0.5, 0.6) is 17.2 Å². The van der Waals surface area contributed by atoms with Crippen molar-refractivity contribution in [3.8, 4) is 17.2 Å². The number of halogens is 1. The summed E-state index contributed by atoms with van der Waals surface area (Å²) in [6.07, 6.45) is 1.74. The van der Waals surface area contributed by atoms with E-state index in [1.807, 2.05) is 54.6 Å². The molecule has 0 saturated carbocycles. The van der Waals surface area contributed by atoms with E-state index in [-0.39, 0.29) is 0 Å². The first-order valence-electron chi connectivity index (χ1n) is 9.83. The number of hydrogen-bond acceptors (Lipinski definition) is 4. The summed E-state index contributed by atoms with van der Waals surface area (Å²) in [5, 5.41) is 2.80. The fourth-order valence-electron chi connectivity index (χ4n) is 3.34. The molecule has 4 nitrogen and oxygen atoms in total. The molecule has 0 amide bonds. The summed E-state index contributed by atoms with van der Waals surface area (Å²) in [6, 6.07) is 25.6. The Morgan fingerprint density at radius 3 is 2.42 bits per heavy atom. The van der Waals surface area contributed by atoms with Crippen molar-refractivity contribution in [2.75, 3.05) is 14.2 Å². The molecule has 0 N–H and O–H groups in total. The van der Waals surface area contributed by atoms with Gasteiger partial charge in [0.25, 0.3) is 0 Å². The standard InChI is InChI=1S/C26H22ClNO3/c1-29-22-12-10-21(11-13-22)28-16-18-14-24(27)26(25(15-18)30-2)31-17-20-8-5-7-19-6-3-4-9-23(19)20/h3-16H,17H2,1-2H3. The molecule has 0 aliphatic rings. The topological polar surface area (TPSA) is 40.0 Å². The number of benzene rings is 4. The van der Waals surface area contributed by atoms with E-state index >= 15 is 0 Å². The summed E-state index contributed by atoms with van der Waals surface area (Å²) in [6.45, 7) is 0.386. The fourth-order valence-corrected chi connectivity index (χ4v) is 3.61. The van der Waals surface area contributed by atoms with Gasteiger partial charge in [-0.15, -0.1) is 0 Å². The van der Waals surface area contributed by atoms with Gasteiger partial charge in [-0.25, -0.2) is 0 Å². The van der Waals surface area contributed by atoms with Gasteiger partial charge in [-0.2, -0.15) is 0 Å². The van der Waals surface area contributed by atoms with Crippen LogP contribution < -0.4 is 14.2 Å². The molecule has 0 aliphatic carbocycles. The van der Waals surface area contributed by atoms with Crippen molar-refractivity contribution in [2.45, 2.75) is 6.61 Å². The van der Waals surface area contributed by atoms with E-state index in [9.17, 15) is 0 Å². The molecule has 4 aromatic rings. The van der Waals surface area contributed by atoms with E-state index in [1.165, 1.54) is 5.39 Å². The first-order chi connectivity index (χ1) is 15.2. The first kappa shape index (κ1) is 20.8. The van der Waals surface area contributed by atoms with Gasteiger partial charge in [0.05, 0.1) is 24.9 Å². The Bertz CT molecular complexity index is 1210. The highest BCUT2D eigenvalue weighted by Crippen LogP contribution is 2.37. The lowest BCUT2D eigenvalue weighted by Gasteiger charge is -2.14. The second-order valence-corrected chi connectivity index (χ2v) is 7.32. The van der Waals surface area contributed by atoms with Crippen LogP contribution in [0.3, 0.4) is 0 Å². The maximum atomic E-state index is 6.54. The molecule has 4 rings (SSSR count). The molecule has 0 heterocycles. The van der Waals surface area contributed by atoms with Crippen molar-refractivity contribution < 1.29 is 14.2 Å². The second-order valence-electron chi connectivity index (χ2n) is 6.92. The first-order valence-corrected chi connectivity index (χ1v) is 10.2. The van der Waals surface area contributed by atoms with Crippen molar-refractivity contribution in [2.24, 2.45) is 4.99 Å². The molecule has 0 radical (unpaired) electrons. The van der Waals surface area contributed by atoms with Gasteiger partial charge in [0.2, 0.25) is 0 Å². The second kappa shape index (κ2) is 9.54. The lowest BCUT2D eigenvalue weighted by molar-refractivity contribution is 0.286. The minimum atomic E-state index is 0.386. The van der Waals surface area contributed by atoms with Crippen LogP contribution in [0.25, 0.3) is 10.8 Å². The van der Waals surface area contributed by atoms with Crippen molar-refractivity contribution in [3.63, 3.8) is 0 Å². The maximum absolute atomic E-state index is 6.54. The summed E-state index contributed by atoms with van der Waals surface area (Å²) >= 11 is 6.54. The quantitative estimate of drug-likeness (QED) is 0.301. The minimum Gasteiger partial charge on any atom is -0.497 e. The Kier molecular flexibility index (Phi) is 6.39. The monoisotopic (exact) mass is 431 g/mol.